The first-order valence-corrected chi connectivity index (χ1v) is 50.0. The molecular formula is C141H88N2. The molecule has 0 atom stereocenters. The van der Waals surface area contributed by atoms with Gasteiger partial charge in [-0.25, -0.2) is 0 Å². The third-order valence-electron chi connectivity index (χ3n) is 32.5. The van der Waals surface area contributed by atoms with Crippen LogP contribution in [0.15, 0.2) is 534 Å². The molecule has 5 aliphatic carbocycles. The van der Waals surface area contributed by atoms with E-state index < -0.39 is 16.2 Å². The molecule has 0 aliphatic heterocycles. The summed E-state index contributed by atoms with van der Waals surface area (Å²) in [5.41, 5.74) is 44.7. The van der Waals surface area contributed by atoms with Gasteiger partial charge in [-0.2, -0.15) is 0 Å². The Morgan fingerprint density at radius 1 is 0.119 bits per heavy atom. The lowest BCUT2D eigenvalue weighted by atomic mass is 9.67. The van der Waals surface area contributed by atoms with E-state index in [4.69, 9.17) is 0 Å². The van der Waals surface area contributed by atoms with Gasteiger partial charge in [-0.1, -0.05) is 455 Å². The van der Waals surface area contributed by atoms with E-state index in [0.29, 0.717) is 0 Å². The van der Waals surface area contributed by atoms with Crippen LogP contribution in [-0.2, 0) is 16.2 Å². The maximum Gasteiger partial charge on any atom is 0.0731 e. The molecule has 0 amide bonds. The second kappa shape index (κ2) is 31.3. The van der Waals surface area contributed by atoms with Crippen LogP contribution in [0.1, 0.15) is 66.8 Å². The number of hydrogen-bond acceptors (Lipinski definition) is 2. The van der Waals surface area contributed by atoms with Crippen molar-refractivity contribution >= 4 is 98.8 Å². The number of rotatable bonds is 13. The Hall–Kier alpha value is -18.3. The molecule has 2 spiro atoms. The van der Waals surface area contributed by atoms with Gasteiger partial charge in [0.25, 0.3) is 0 Å². The lowest BCUT2D eigenvalue weighted by molar-refractivity contribution is 0.768. The summed E-state index contributed by atoms with van der Waals surface area (Å²) in [5, 5.41) is 14.7. The van der Waals surface area contributed by atoms with Crippen molar-refractivity contribution in [2.24, 2.45) is 0 Å². The zero-order chi connectivity index (χ0) is 93.7. The van der Waals surface area contributed by atoms with Crippen LogP contribution < -0.4 is 9.80 Å². The van der Waals surface area contributed by atoms with E-state index in [-0.39, 0.29) is 0 Å². The smallest absolute Gasteiger partial charge is 0.0731 e. The number of anilines is 6. The van der Waals surface area contributed by atoms with Gasteiger partial charge in [0.2, 0.25) is 0 Å². The molecule has 0 N–H and O–H groups in total. The lowest BCUT2D eigenvalue weighted by Crippen LogP contribution is -2.28. The Kier molecular flexibility index (Phi) is 17.7. The first kappa shape index (κ1) is 80.7. The summed E-state index contributed by atoms with van der Waals surface area (Å²) in [6, 6.07) is 203. The molecule has 30 rings (SSSR count). The Labute approximate surface area is 830 Å². The summed E-state index contributed by atoms with van der Waals surface area (Å²) in [4.78, 5) is 5.02. The van der Waals surface area contributed by atoms with Gasteiger partial charge in [0.15, 0.2) is 0 Å². The van der Waals surface area contributed by atoms with Crippen LogP contribution in [0.25, 0.3) is 176 Å². The van der Waals surface area contributed by atoms with Crippen molar-refractivity contribution in [3.63, 3.8) is 0 Å². The van der Waals surface area contributed by atoms with E-state index in [2.05, 4.69) is 544 Å². The summed E-state index contributed by atoms with van der Waals surface area (Å²) in [7, 11) is 0. The zero-order valence-corrected chi connectivity index (χ0v) is 78.2. The topological polar surface area (TPSA) is 6.48 Å². The normalized spacial score (nSPS) is 13.5. The summed E-state index contributed by atoms with van der Waals surface area (Å²) >= 11 is 0. The third kappa shape index (κ3) is 11.5. The van der Waals surface area contributed by atoms with Crippen molar-refractivity contribution in [2.75, 3.05) is 9.80 Å². The van der Waals surface area contributed by atoms with E-state index in [1.165, 1.54) is 226 Å². The standard InChI is InChI=1S/C141H88N2/c1-4-32-89(33-5-1)90-62-64-91(65-63-90)103-38-22-29-61-136(103)143(101-77-81-113-108-41-11-10-39-106(108)107-40-12-13-42-109(107)126(113)87-101)99-74-68-93(69-75-99)105-52-31-54-123-127-85-95(71-83-134(127)141(138(105)123)131-58-26-19-47-117(131)118-48-20-27-59-132(118)141)94-70-79-112-114-80-76-100(86-125(114)111-44-15-14-43-110(111)124(112)84-94)142(102-78-82-121-119-49-16-23-55-128(119)139(135(121)88-102,96-34-6-2-7-35-96)97-36-8-3-9-37-97)98-72-66-92(67-73-98)104-51-30-53-122-120-50-21-28-60-133(120)140(137(104)122)129-56-24-17-45-115(129)116-46-18-25-57-130(116)140/h1-88H. The quantitative estimate of drug-likeness (QED) is 0.106. The van der Waals surface area contributed by atoms with Crippen molar-refractivity contribution in [3.8, 4) is 111 Å². The molecule has 0 unspecified atom stereocenters. The molecule has 0 radical (unpaired) electrons. The Morgan fingerprint density at radius 2 is 0.392 bits per heavy atom. The van der Waals surface area contributed by atoms with Crippen LogP contribution in [0.4, 0.5) is 34.1 Å². The summed E-state index contributed by atoms with van der Waals surface area (Å²) in [6.45, 7) is 0. The minimum absolute atomic E-state index is 0.514. The molecular weight excluding hydrogens is 1720 g/mol. The predicted molar refractivity (Wildman–Crippen MR) is 598 cm³/mol. The van der Waals surface area contributed by atoms with Crippen LogP contribution in [0, 0.1) is 0 Å². The van der Waals surface area contributed by atoms with E-state index in [0.717, 1.165) is 50.8 Å². The maximum absolute atomic E-state index is 2.53. The molecule has 25 aromatic carbocycles. The van der Waals surface area contributed by atoms with Gasteiger partial charge in [-0.05, 0) is 316 Å². The SMILES string of the molecule is c1ccc(-c2ccc(-c3ccccc3N(c3ccc(-c4cccc5c4C4(c6ccccc6-c6ccccc64)c4ccc(-c6ccc7c8ccc(N(c9ccc(-c%10cccc%11c%10C%10(c%12ccccc%12-c%12ccccc%12%10)c%10ccccc%10-%11)cc9)c9ccc%10c(c9)C(c9ccccc9)(c9ccccc9)c9ccccc9-%10)cc8c8ccccc8c7c6)cc4-5)cc3)c3ccc4c5ccccc5c5ccccc5c4c3)cc2)cc1. The van der Waals surface area contributed by atoms with Crippen LogP contribution >= 0.6 is 0 Å². The monoisotopic (exact) mass is 1810 g/mol. The Morgan fingerprint density at radius 3 is 0.867 bits per heavy atom. The number of nitrogens with zero attached hydrogens (tertiary/aromatic N) is 2. The Bertz CT molecular complexity index is 9440. The molecule has 5 aliphatic rings. The summed E-state index contributed by atoms with van der Waals surface area (Å²) < 4.78 is 0. The van der Waals surface area contributed by atoms with E-state index in [1.807, 2.05) is 0 Å². The van der Waals surface area contributed by atoms with Crippen molar-refractivity contribution in [1.29, 1.82) is 0 Å². The molecule has 143 heavy (non-hydrogen) atoms. The molecule has 0 saturated heterocycles. The highest BCUT2D eigenvalue weighted by atomic mass is 15.1. The molecule has 662 valence electrons. The highest BCUT2D eigenvalue weighted by Gasteiger charge is 2.55. The number of fused-ring (bicyclic) bond motifs is 35. The first-order chi connectivity index (χ1) is 70.9. The van der Waals surface area contributed by atoms with Gasteiger partial charge >= 0.3 is 0 Å². The predicted octanol–water partition coefficient (Wildman–Crippen LogP) is 36.9. The molecule has 2 nitrogen and oxygen atoms in total. The number of para-hydroxylation sites is 1. The average molecular weight is 1810 g/mol. The maximum atomic E-state index is 2.53. The van der Waals surface area contributed by atoms with E-state index >= 15 is 0 Å². The molecule has 0 fully saturated rings. The average Bonchev–Trinajstić information content (AvgIpc) is 1.50. The molecule has 2 heteroatoms. The lowest BCUT2D eigenvalue weighted by Gasteiger charge is -2.35. The fraction of sp³-hybridized carbons (Fsp3) is 0.0213. The van der Waals surface area contributed by atoms with Crippen molar-refractivity contribution in [2.45, 2.75) is 16.2 Å². The zero-order valence-electron chi connectivity index (χ0n) is 78.2. The van der Waals surface area contributed by atoms with E-state index in [9.17, 15) is 0 Å². The van der Waals surface area contributed by atoms with Gasteiger partial charge in [-0.3, -0.25) is 0 Å². The van der Waals surface area contributed by atoms with Crippen molar-refractivity contribution in [3.05, 3.63) is 601 Å². The van der Waals surface area contributed by atoms with Gasteiger partial charge in [0, 0.05) is 34.0 Å². The minimum Gasteiger partial charge on any atom is -0.310 e. The number of hydrogen-bond donors (Lipinski definition) is 0. The van der Waals surface area contributed by atoms with E-state index in [1.54, 1.807) is 0 Å². The highest BCUT2D eigenvalue weighted by Crippen LogP contribution is 2.68. The summed E-state index contributed by atoms with van der Waals surface area (Å²) in [5.74, 6) is 0. The van der Waals surface area contributed by atoms with Crippen LogP contribution in [-0.4, -0.2) is 0 Å². The summed E-state index contributed by atoms with van der Waals surface area (Å²) in [6.07, 6.45) is 0. The molecule has 0 heterocycles. The highest BCUT2D eigenvalue weighted by molar-refractivity contribution is 6.28. The molecule has 0 aromatic heterocycles. The van der Waals surface area contributed by atoms with Gasteiger partial charge in [0.05, 0.1) is 21.9 Å². The van der Waals surface area contributed by atoms with Crippen LogP contribution in [0.5, 0.6) is 0 Å². The second-order valence-corrected chi connectivity index (χ2v) is 39.3. The van der Waals surface area contributed by atoms with Gasteiger partial charge in [-0.15, -0.1) is 0 Å². The van der Waals surface area contributed by atoms with Gasteiger partial charge < -0.3 is 9.80 Å². The fourth-order valence-electron chi connectivity index (χ4n) is 26.7. The van der Waals surface area contributed by atoms with Crippen LogP contribution in [0.2, 0.25) is 0 Å². The van der Waals surface area contributed by atoms with Crippen molar-refractivity contribution < 1.29 is 0 Å². The largest absolute Gasteiger partial charge is 0.310 e. The molecule has 0 bridgehead atoms. The third-order valence-corrected chi connectivity index (χ3v) is 32.5. The van der Waals surface area contributed by atoms with Crippen LogP contribution in [0.3, 0.4) is 0 Å². The number of benzene rings is 25. The first-order valence-electron chi connectivity index (χ1n) is 50.0. The fourth-order valence-corrected chi connectivity index (χ4v) is 26.7. The van der Waals surface area contributed by atoms with Crippen molar-refractivity contribution in [1.82, 2.24) is 0 Å². The Balaban J connectivity index is 0.563. The second-order valence-electron chi connectivity index (χ2n) is 39.3. The van der Waals surface area contributed by atoms with Gasteiger partial charge in [0.1, 0.15) is 0 Å². The molecule has 0 saturated carbocycles. The molecule has 25 aromatic rings. The minimum atomic E-state index is -0.640.